The zero-order valence-electron chi connectivity index (χ0n) is 16.9. The Bertz CT molecular complexity index is 1080. The first kappa shape index (κ1) is 20.4. The smallest absolute Gasteiger partial charge is 0.315 e. The molecule has 2 aromatic rings. The Balaban J connectivity index is 1.64. The molecule has 2 aliphatic heterocycles. The van der Waals surface area contributed by atoms with E-state index in [1.807, 2.05) is 0 Å². The number of carbonyl (C=O) groups is 2. The minimum Gasteiger partial charge on any atom is -0.497 e. The maximum atomic E-state index is 12.7. The van der Waals surface area contributed by atoms with Crippen molar-refractivity contribution in [3.8, 4) is 11.4 Å². The van der Waals surface area contributed by atoms with Gasteiger partial charge in [-0.1, -0.05) is 6.92 Å². The van der Waals surface area contributed by atoms with Crippen LogP contribution >= 0.6 is 0 Å². The quantitative estimate of drug-likeness (QED) is 0.736. The molecule has 0 bridgehead atoms. The van der Waals surface area contributed by atoms with Crippen molar-refractivity contribution in [3.63, 3.8) is 0 Å². The Kier molecular flexibility index (Phi) is 5.27. The number of fused-ring (bicyclic) bond motifs is 1. The molecular weight excluding hydrogens is 408 g/mol. The summed E-state index contributed by atoms with van der Waals surface area (Å²) in [7, 11) is -1.76. The van der Waals surface area contributed by atoms with Crippen LogP contribution in [0.3, 0.4) is 0 Å². The summed E-state index contributed by atoms with van der Waals surface area (Å²) in [6.07, 6.45) is 1.72. The molecule has 0 saturated carbocycles. The number of piperidine rings is 1. The molecule has 2 aliphatic rings. The molecule has 2 amide bonds. The number of nitrogens with one attached hydrogen (secondary N) is 1. The Morgan fingerprint density at radius 1 is 1.13 bits per heavy atom. The van der Waals surface area contributed by atoms with Crippen LogP contribution in [0.15, 0.2) is 24.3 Å². The highest BCUT2D eigenvalue weighted by atomic mass is 32.2. The van der Waals surface area contributed by atoms with E-state index in [-0.39, 0.29) is 17.3 Å². The zero-order chi connectivity index (χ0) is 21.5. The first-order valence-corrected chi connectivity index (χ1v) is 11.7. The number of nitrogens with zero attached hydrogens (tertiary/aromatic N) is 3. The van der Waals surface area contributed by atoms with Gasteiger partial charge in [-0.15, -0.1) is 0 Å². The van der Waals surface area contributed by atoms with Gasteiger partial charge in [0.25, 0.3) is 0 Å². The Morgan fingerprint density at radius 2 is 1.80 bits per heavy atom. The van der Waals surface area contributed by atoms with E-state index in [0.717, 1.165) is 12.8 Å². The number of likely N-dealkylation sites (tertiary alicyclic amines) is 1. The van der Waals surface area contributed by atoms with Crippen LogP contribution in [0.25, 0.3) is 5.69 Å². The Morgan fingerprint density at radius 3 is 2.43 bits per heavy atom. The summed E-state index contributed by atoms with van der Waals surface area (Å²) < 4.78 is 30.8. The second kappa shape index (κ2) is 7.75. The van der Waals surface area contributed by atoms with Gasteiger partial charge in [0, 0.05) is 18.7 Å². The number of methoxy groups -OCH3 is 1. The van der Waals surface area contributed by atoms with Crippen molar-refractivity contribution in [3.05, 3.63) is 35.5 Å². The first-order chi connectivity index (χ1) is 14.3. The van der Waals surface area contributed by atoms with Crippen molar-refractivity contribution in [2.45, 2.75) is 31.3 Å². The summed E-state index contributed by atoms with van der Waals surface area (Å²) in [5.41, 5.74) is 1.44. The largest absolute Gasteiger partial charge is 0.497 e. The zero-order valence-corrected chi connectivity index (χ0v) is 17.7. The van der Waals surface area contributed by atoms with Gasteiger partial charge in [0.1, 0.15) is 11.6 Å². The molecule has 1 N–H and O–H groups in total. The highest BCUT2D eigenvalue weighted by molar-refractivity contribution is 7.90. The van der Waals surface area contributed by atoms with Crippen molar-refractivity contribution >= 4 is 27.5 Å². The minimum absolute atomic E-state index is 0.188. The standard InChI is InChI=1S/C20H24N4O5S/c1-13-7-9-23(10-8-13)20(26)19(25)21-18-16-11-30(27,28)12-17(16)22-24(18)14-3-5-15(29-2)6-4-14/h3-6,13H,7-12H2,1-2H3,(H,21,25). The molecular formula is C20H24N4O5S. The predicted molar refractivity (Wildman–Crippen MR) is 110 cm³/mol. The third-order valence-electron chi connectivity index (χ3n) is 5.60. The SMILES string of the molecule is COc1ccc(-n2nc3c(c2NC(=O)C(=O)N2CCC(C)CC2)CS(=O)(=O)C3)cc1. The second-order valence-electron chi connectivity index (χ2n) is 7.84. The fourth-order valence-electron chi connectivity index (χ4n) is 3.80. The van der Waals surface area contributed by atoms with Crippen molar-refractivity contribution in [2.24, 2.45) is 5.92 Å². The summed E-state index contributed by atoms with van der Waals surface area (Å²) in [5.74, 6) is -0.399. The van der Waals surface area contributed by atoms with Crippen molar-refractivity contribution in [2.75, 3.05) is 25.5 Å². The Hall–Kier alpha value is -2.88. The van der Waals surface area contributed by atoms with E-state index in [9.17, 15) is 18.0 Å². The number of hydrogen-bond acceptors (Lipinski definition) is 6. The second-order valence-corrected chi connectivity index (χ2v) is 9.91. The number of aromatic nitrogens is 2. The van der Waals surface area contributed by atoms with Gasteiger partial charge >= 0.3 is 11.8 Å². The van der Waals surface area contributed by atoms with Gasteiger partial charge in [-0.25, -0.2) is 13.1 Å². The van der Waals surface area contributed by atoms with Gasteiger partial charge in [0.2, 0.25) is 0 Å². The molecule has 0 atom stereocenters. The predicted octanol–water partition coefficient (Wildman–Crippen LogP) is 1.51. The minimum atomic E-state index is -3.32. The molecule has 160 valence electrons. The van der Waals surface area contributed by atoms with E-state index in [1.54, 1.807) is 36.3 Å². The first-order valence-electron chi connectivity index (χ1n) is 9.83. The molecule has 1 saturated heterocycles. The van der Waals surface area contributed by atoms with Gasteiger partial charge in [-0.3, -0.25) is 9.59 Å². The number of rotatable bonds is 3. The summed E-state index contributed by atoms with van der Waals surface area (Å²) in [5, 5.41) is 7.04. The molecule has 9 nitrogen and oxygen atoms in total. The van der Waals surface area contributed by atoms with Crippen molar-refractivity contribution in [1.29, 1.82) is 0 Å². The van der Waals surface area contributed by atoms with Crippen molar-refractivity contribution in [1.82, 2.24) is 14.7 Å². The number of ether oxygens (including phenoxy) is 1. The van der Waals surface area contributed by atoms with E-state index >= 15 is 0 Å². The summed E-state index contributed by atoms with van der Waals surface area (Å²) in [6.45, 7) is 3.20. The van der Waals surface area contributed by atoms with E-state index < -0.39 is 21.7 Å². The molecule has 0 unspecified atom stereocenters. The maximum absolute atomic E-state index is 12.7. The number of anilines is 1. The average molecular weight is 433 g/mol. The molecule has 1 aromatic heterocycles. The normalized spacial score (nSPS) is 18.1. The third-order valence-corrected chi connectivity index (χ3v) is 7.04. The number of sulfone groups is 1. The fraction of sp³-hybridized carbons (Fsp3) is 0.450. The number of amides is 2. The lowest BCUT2D eigenvalue weighted by atomic mass is 9.99. The fourth-order valence-corrected chi connectivity index (χ4v) is 5.29. The van der Waals surface area contributed by atoms with E-state index in [1.165, 1.54) is 4.68 Å². The van der Waals surface area contributed by atoms with Gasteiger partial charge in [0.15, 0.2) is 9.84 Å². The molecule has 0 spiro atoms. The van der Waals surface area contributed by atoms with Crippen LogP contribution in [0.4, 0.5) is 5.82 Å². The Labute approximate surface area is 174 Å². The maximum Gasteiger partial charge on any atom is 0.315 e. The van der Waals surface area contributed by atoms with E-state index in [0.29, 0.717) is 41.7 Å². The summed E-state index contributed by atoms with van der Waals surface area (Å²) in [6, 6.07) is 6.98. The molecule has 0 radical (unpaired) electrons. The lowest BCUT2D eigenvalue weighted by Crippen LogP contribution is -2.44. The molecule has 0 aliphatic carbocycles. The molecule has 3 heterocycles. The third kappa shape index (κ3) is 3.91. The molecule has 10 heteroatoms. The van der Waals surface area contributed by atoms with Gasteiger partial charge in [-0.05, 0) is 43.0 Å². The number of carbonyl (C=O) groups excluding carboxylic acids is 2. The van der Waals surface area contributed by atoms with Crippen LogP contribution in [-0.2, 0) is 30.9 Å². The van der Waals surface area contributed by atoms with Crippen LogP contribution in [0.5, 0.6) is 5.75 Å². The van der Waals surface area contributed by atoms with E-state index in [2.05, 4.69) is 17.3 Å². The summed E-state index contributed by atoms with van der Waals surface area (Å²) in [4.78, 5) is 26.9. The highest BCUT2D eigenvalue weighted by Crippen LogP contribution is 2.33. The lowest BCUT2D eigenvalue weighted by molar-refractivity contribution is -0.144. The monoisotopic (exact) mass is 432 g/mol. The molecule has 1 aromatic carbocycles. The van der Waals surface area contributed by atoms with Crippen LogP contribution in [-0.4, -0.2) is 55.1 Å². The summed E-state index contributed by atoms with van der Waals surface area (Å²) >= 11 is 0. The number of hydrogen-bond donors (Lipinski definition) is 1. The van der Waals surface area contributed by atoms with Crippen molar-refractivity contribution < 1.29 is 22.7 Å². The van der Waals surface area contributed by atoms with Crippen LogP contribution in [0.1, 0.15) is 31.0 Å². The highest BCUT2D eigenvalue weighted by Gasteiger charge is 2.34. The molecule has 1 fully saturated rings. The number of benzene rings is 1. The van der Waals surface area contributed by atoms with Crippen LogP contribution in [0, 0.1) is 5.92 Å². The van der Waals surface area contributed by atoms with Gasteiger partial charge in [0.05, 0.1) is 30.0 Å². The van der Waals surface area contributed by atoms with Crippen LogP contribution in [0.2, 0.25) is 0 Å². The van der Waals surface area contributed by atoms with Gasteiger partial charge in [-0.2, -0.15) is 5.10 Å². The van der Waals surface area contributed by atoms with Gasteiger partial charge < -0.3 is 15.0 Å². The topological polar surface area (TPSA) is 111 Å². The molecule has 30 heavy (non-hydrogen) atoms. The average Bonchev–Trinajstić information content (AvgIpc) is 3.20. The van der Waals surface area contributed by atoms with Crippen LogP contribution < -0.4 is 10.1 Å². The lowest BCUT2D eigenvalue weighted by Gasteiger charge is -2.29. The molecule has 4 rings (SSSR count). The van der Waals surface area contributed by atoms with E-state index in [4.69, 9.17) is 4.74 Å².